The van der Waals surface area contributed by atoms with E-state index in [1.807, 2.05) is 37.3 Å². The van der Waals surface area contributed by atoms with Gasteiger partial charge in [0.15, 0.2) is 11.5 Å². The van der Waals surface area contributed by atoms with Gasteiger partial charge in [0, 0.05) is 48.8 Å². The molecule has 1 aromatic heterocycles. The average molecular weight is 532 g/mol. The van der Waals surface area contributed by atoms with E-state index in [0.29, 0.717) is 48.9 Å². The number of carbonyl (C=O) groups excluding carboxylic acids is 1. The summed E-state index contributed by atoms with van der Waals surface area (Å²) in [6.45, 7) is 3.15. The number of urea groups is 1. The molecule has 39 heavy (non-hydrogen) atoms. The number of rotatable bonds is 7. The fourth-order valence-corrected chi connectivity index (χ4v) is 4.57. The van der Waals surface area contributed by atoms with Crippen LogP contribution in [0.1, 0.15) is 18.4 Å². The molecule has 10 heteroatoms. The molecule has 1 saturated heterocycles. The van der Waals surface area contributed by atoms with Gasteiger partial charge in [0.25, 0.3) is 0 Å². The first-order valence-corrected chi connectivity index (χ1v) is 12.7. The fraction of sp³-hybridized carbons (Fsp3) is 0.276. The Morgan fingerprint density at radius 1 is 0.923 bits per heavy atom. The zero-order valence-electron chi connectivity index (χ0n) is 22.0. The minimum absolute atomic E-state index is 0.00522. The molecule has 0 radical (unpaired) electrons. The lowest BCUT2D eigenvalue weighted by Gasteiger charge is -2.32. The second kappa shape index (κ2) is 11.4. The number of anilines is 3. The first-order valence-electron chi connectivity index (χ1n) is 12.7. The lowest BCUT2D eigenvalue weighted by molar-refractivity contribution is 0.115. The number of likely N-dealkylation sites (tertiary alicyclic amines) is 1. The van der Waals surface area contributed by atoms with Crippen molar-refractivity contribution < 1.29 is 23.4 Å². The Bertz CT molecular complexity index is 1470. The molecule has 9 nitrogen and oxygen atoms in total. The summed E-state index contributed by atoms with van der Waals surface area (Å²) in [5.74, 6) is 2.32. The Balaban J connectivity index is 1.20. The largest absolute Gasteiger partial charge is 0.493 e. The molecule has 0 unspecified atom stereocenters. The number of ether oxygens (including phenoxy) is 3. The van der Waals surface area contributed by atoms with Crippen LogP contribution in [-0.4, -0.2) is 54.3 Å². The molecule has 1 aliphatic heterocycles. The molecule has 4 aromatic rings. The zero-order chi connectivity index (χ0) is 27.4. The number of nitrogens with one attached hydrogen (secondary N) is 2. The van der Waals surface area contributed by atoms with E-state index in [9.17, 15) is 9.18 Å². The number of carbonyl (C=O) groups is 1. The SMILES string of the molecule is COc1cc2ncnc(Nc3ccc(OC4CCN(C(=O)Nc5ccc(F)cc5)CC4)c(C)c3)c2cc1OC. The molecular formula is C29H30FN5O4. The molecule has 202 valence electrons. The summed E-state index contributed by atoms with van der Waals surface area (Å²) in [6.07, 6.45) is 2.95. The number of piperidine rings is 1. The van der Waals surface area contributed by atoms with Gasteiger partial charge < -0.3 is 29.7 Å². The number of aromatic nitrogens is 2. The van der Waals surface area contributed by atoms with Crippen LogP contribution in [0.2, 0.25) is 0 Å². The first-order chi connectivity index (χ1) is 18.9. The third-order valence-electron chi connectivity index (χ3n) is 6.70. The minimum Gasteiger partial charge on any atom is -0.493 e. The van der Waals surface area contributed by atoms with Gasteiger partial charge in [-0.15, -0.1) is 0 Å². The van der Waals surface area contributed by atoms with Crippen LogP contribution in [-0.2, 0) is 0 Å². The van der Waals surface area contributed by atoms with Gasteiger partial charge in [-0.25, -0.2) is 19.2 Å². The standard InChI is InChI=1S/C29H30FN5O4/c1-18-14-21(33-28-23-15-26(37-2)27(38-3)16-24(23)31-17-32-28)8-9-25(18)39-22-10-12-35(13-11-22)29(36)34-20-6-4-19(30)5-7-20/h4-9,14-17,22H,10-13H2,1-3H3,(H,34,36)(H,31,32,33). The maximum atomic E-state index is 13.1. The summed E-state index contributed by atoms with van der Waals surface area (Å²) < 4.78 is 30.2. The third-order valence-corrected chi connectivity index (χ3v) is 6.70. The number of benzene rings is 3. The van der Waals surface area contributed by atoms with Gasteiger partial charge in [-0.1, -0.05) is 0 Å². The molecule has 2 N–H and O–H groups in total. The molecule has 0 saturated carbocycles. The van der Waals surface area contributed by atoms with Crippen molar-refractivity contribution in [3.8, 4) is 17.2 Å². The van der Waals surface area contributed by atoms with Crippen LogP contribution in [0, 0.1) is 12.7 Å². The van der Waals surface area contributed by atoms with Crippen LogP contribution in [0.15, 0.2) is 60.9 Å². The van der Waals surface area contributed by atoms with E-state index in [1.54, 1.807) is 31.3 Å². The van der Waals surface area contributed by atoms with Crippen molar-refractivity contribution in [3.63, 3.8) is 0 Å². The van der Waals surface area contributed by atoms with Crippen molar-refractivity contribution in [2.75, 3.05) is 37.9 Å². The maximum Gasteiger partial charge on any atom is 0.321 e. The van der Waals surface area contributed by atoms with E-state index in [4.69, 9.17) is 14.2 Å². The second-order valence-corrected chi connectivity index (χ2v) is 9.29. The third kappa shape index (κ3) is 5.95. The second-order valence-electron chi connectivity index (χ2n) is 9.29. The first kappa shape index (κ1) is 26.0. The monoisotopic (exact) mass is 531 g/mol. The molecule has 5 rings (SSSR count). The van der Waals surface area contributed by atoms with E-state index in [-0.39, 0.29) is 18.0 Å². The van der Waals surface area contributed by atoms with Crippen molar-refractivity contribution in [2.24, 2.45) is 0 Å². The van der Waals surface area contributed by atoms with Crippen LogP contribution in [0.5, 0.6) is 17.2 Å². The van der Waals surface area contributed by atoms with E-state index in [0.717, 1.165) is 27.9 Å². The van der Waals surface area contributed by atoms with Gasteiger partial charge in [0.2, 0.25) is 0 Å². The lowest BCUT2D eigenvalue weighted by Crippen LogP contribution is -2.43. The Morgan fingerprint density at radius 3 is 2.31 bits per heavy atom. The normalized spacial score (nSPS) is 13.7. The lowest BCUT2D eigenvalue weighted by atomic mass is 10.1. The van der Waals surface area contributed by atoms with E-state index >= 15 is 0 Å². The van der Waals surface area contributed by atoms with Crippen molar-refractivity contribution >= 4 is 34.1 Å². The Morgan fingerprint density at radius 2 is 1.62 bits per heavy atom. The van der Waals surface area contributed by atoms with Crippen molar-refractivity contribution in [3.05, 3.63) is 72.3 Å². The number of methoxy groups -OCH3 is 2. The van der Waals surface area contributed by atoms with Crippen molar-refractivity contribution in [1.82, 2.24) is 14.9 Å². The highest BCUT2D eigenvalue weighted by Gasteiger charge is 2.24. The number of halogens is 1. The number of nitrogens with zero attached hydrogens (tertiary/aromatic N) is 3. The highest BCUT2D eigenvalue weighted by molar-refractivity contribution is 5.93. The van der Waals surface area contributed by atoms with Gasteiger partial charge in [-0.2, -0.15) is 0 Å². The number of aryl methyl sites for hydroxylation is 1. The summed E-state index contributed by atoms with van der Waals surface area (Å²) >= 11 is 0. The molecule has 3 aromatic carbocycles. The predicted octanol–water partition coefficient (Wildman–Crippen LogP) is 5.91. The molecule has 0 aliphatic carbocycles. The summed E-state index contributed by atoms with van der Waals surface area (Å²) in [5, 5.41) is 6.99. The van der Waals surface area contributed by atoms with Gasteiger partial charge in [-0.3, -0.25) is 0 Å². The van der Waals surface area contributed by atoms with Gasteiger partial charge in [-0.05, 0) is 61.0 Å². The Kier molecular flexibility index (Phi) is 7.62. The van der Waals surface area contributed by atoms with Crippen molar-refractivity contribution in [1.29, 1.82) is 0 Å². The number of fused-ring (bicyclic) bond motifs is 1. The van der Waals surface area contributed by atoms with Crippen LogP contribution < -0.4 is 24.8 Å². The summed E-state index contributed by atoms with van der Waals surface area (Å²) in [6, 6.07) is 15.1. The Hall–Kier alpha value is -4.60. The molecule has 2 amide bonds. The van der Waals surface area contributed by atoms with Crippen molar-refractivity contribution in [2.45, 2.75) is 25.9 Å². The molecular weight excluding hydrogens is 501 g/mol. The smallest absolute Gasteiger partial charge is 0.321 e. The highest BCUT2D eigenvalue weighted by Crippen LogP contribution is 2.35. The Labute approximate surface area is 225 Å². The molecule has 0 atom stereocenters. The fourth-order valence-electron chi connectivity index (χ4n) is 4.57. The number of hydrogen-bond acceptors (Lipinski definition) is 7. The molecule has 0 bridgehead atoms. The number of hydrogen-bond donors (Lipinski definition) is 2. The highest BCUT2D eigenvalue weighted by atomic mass is 19.1. The summed E-state index contributed by atoms with van der Waals surface area (Å²) in [7, 11) is 3.18. The van der Waals surface area contributed by atoms with E-state index in [1.165, 1.54) is 18.5 Å². The minimum atomic E-state index is -0.339. The molecule has 1 fully saturated rings. The molecule has 1 aliphatic rings. The van der Waals surface area contributed by atoms with Gasteiger partial charge >= 0.3 is 6.03 Å². The van der Waals surface area contributed by atoms with E-state index < -0.39 is 0 Å². The summed E-state index contributed by atoms with van der Waals surface area (Å²) in [4.78, 5) is 23.1. The summed E-state index contributed by atoms with van der Waals surface area (Å²) in [5.41, 5.74) is 3.15. The van der Waals surface area contributed by atoms with E-state index in [2.05, 4.69) is 20.6 Å². The van der Waals surface area contributed by atoms with Gasteiger partial charge in [0.05, 0.1) is 19.7 Å². The zero-order valence-corrected chi connectivity index (χ0v) is 22.0. The average Bonchev–Trinajstić information content (AvgIpc) is 2.95. The predicted molar refractivity (Wildman–Crippen MR) is 148 cm³/mol. The van der Waals surface area contributed by atoms with Crippen LogP contribution in [0.3, 0.4) is 0 Å². The quantitative estimate of drug-likeness (QED) is 0.306. The van der Waals surface area contributed by atoms with Crippen LogP contribution >= 0.6 is 0 Å². The number of amides is 2. The van der Waals surface area contributed by atoms with Gasteiger partial charge in [0.1, 0.15) is 29.8 Å². The molecule has 2 heterocycles. The maximum absolute atomic E-state index is 13.1. The van der Waals surface area contributed by atoms with Crippen LogP contribution in [0.25, 0.3) is 10.9 Å². The molecule has 0 spiro atoms. The topological polar surface area (TPSA) is 97.8 Å². The van der Waals surface area contributed by atoms with Crippen LogP contribution in [0.4, 0.5) is 26.4 Å².